The number of ether oxygens (including phenoxy) is 5. The van der Waals surface area contributed by atoms with Crippen molar-refractivity contribution in [2.45, 2.75) is 108 Å². The predicted molar refractivity (Wildman–Crippen MR) is 301 cm³/mol. The minimum atomic E-state index is -4.09. The maximum absolute atomic E-state index is 12.9. The van der Waals surface area contributed by atoms with E-state index in [9.17, 15) is 42.3 Å². The third-order valence-electron chi connectivity index (χ3n) is 9.27. The summed E-state index contributed by atoms with van der Waals surface area (Å²) in [4.78, 5) is 70.0. The molecule has 3 atom stereocenters. The summed E-state index contributed by atoms with van der Waals surface area (Å²) in [6, 6.07) is 17.4. The summed E-state index contributed by atoms with van der Waals surface area (Å²) in [6.45, 7) is 18.5. The fraction of sp³-hybridized carbons (Fsp3) is 0.500. The Labute approximate surface area is 463 Å². The number of carbonyl (C=O) groups excluding carboxylic acids is 5. The Balaban J connectivity index is 0. The Morgan fingerprint density at radius 3 is 1.94 bits per heavy atom. The molecule has 1 heterocycles. The van der Waals surface area contributed by atoms with E-state index in [2.05, 4.69) is 6.58 Å². The van der Waals surface area contributed by atoms with Crippen molar-refractivity contribution in [3.05, 3.63) is 89.5 Å². The molecule has 0 saturated carbocycles. The van der Waals surface area contributed by atoms with Crippen LogP contribution < -0.4 is 0 Å². The Morgan fingerprint density at radius 2 is 1.42 bits per heavy atom. The van der Waals surface area contributed by atoms with Crippen molar-refractivity contribution in [3.63, 3.8) is 0 Å². The van der Waals surface area contributed by atoms with E-state index in [1.54, 1.807) is 85.0 Å². The standard InChI is InChI=1S/C24H32O6S3.C17H20O6S.C7H12O2S3.Al.B.HN/c1-5-32-23(31)33-17(2)20(25)29-13-9-10-14-30-21(26)19(16-24(3,4)22(27)28)15-18-11-7-6-8-12-18;1-12-15(14-8-4-3-5-9-14)24(20,21)13(2)17(19)23-11-7-6-10-22-16(12)18;1-4-11-6(10)12-7(2,3)9-5-8;;;/h6-8,11-12,15,17H,5,9-10,13-14,16H2,1-4H3,(H,27,28);3-5,8-9,13,15H,1,6-7,10-11H2,2H3;5H,4H2,1-3H3;;;1H/b19-15+;;;;;. The summed E-state index contributed by atoms with van der Waals surface area (Å²) in [5, 5.41) is 6.31. The number of benzene rings is 2. The molecule has 0 amide bonds. The molecule has 394 valence electrons. The number of cyclic esters (lactones) is 2. The van der Waals surface area contributed by atoms with Crippen molar-refractivity contribution >= 4 is 155 Å². The number of hydrogen-bond acceptors (Lipinski definition) is 20. The molecule has 0 bridgehead atoms. The minimum absolute atomic E-state index is 0. The van der Waals surface area contributed by atoms with Crippen molar-refractivity contribution < 1.29 is 66.0 Å². The van der Waals surface area contributed by atoms with Gasteiger partial charge in [0.25, 0.3) is 6.47 Å². The van der Waals surface area contributed by atoms with Crippen LogP contribution in [0.3, 0.4) is 0 Å². The molecule has 3 rings (SSSR count). The number of sulfone groups is 1. The van der Waals surface area contributed by atoms with Gasteiger partial charge in [0, 0.05) is 14.0 Å². The van der Waals surface area contributed by atoms with E-state index in [-0.39, 0.29) is 58.1 Å². The quantitative estimate of drug-likeness (QED) is 0.0207. The molecule has 3 unspecified atom stereocenters. The number of nitrogens with one attached hydrogen (secondary N) is 1. The van der Waals surface area contributed by atoms with Gasteiger partial charge in [0.2, 0.25) is 0 Å². The van der Waals surface area contributed by atoms with Gasteiger partial charge in [0.1, 0.15) is 17.6 Å². The summed E-state index contributed by atoms with van der Waals surface area (Å²) in [5.41, 5.74) is 0.131. The first kappa shape index (κ1) is 70.7. The fourth-order valence-electron chi connectivity index (χ4n) is 5.48. The van der Waals surface area contributed by atoms with E-state index in [0.717, 1.165) is 24.1 Å². The SMILES string of the molecule is C=C1C(=O)OCCCCOC(=O)C(C)S(=O)(=O)C1c1ccccc1.CCSC(=S)SC(C)(C)OC=O.CCSC(=S)SC(C)C(=O)OCCCCOC(=O)/C(=C/c1ccccc1)CC(C)(C)C(=O)O.[B].[NH]=[Al]. The summed E-state index contributed by atoms with van der Waals surface area (Å²) in [6.07, 6.45) is 3.77. The summed E-state index contributed by atoms with van der Waals surface area (Å²) in [5.74, 6) is -1.63. The van der Waals surface area contributed by atoms with Crippen LogP contribution in [0, 0.1) is 9.76 Å². The summed E-state index contributed by atoms with van der Waals surface area (Å²) >= 11 is 17.7. The molecule has 0 spiro atoms. The van der Waals surface area contributed by atoms with Gasteiger partial charge in [-0.2, -0.15) is 0 Å². The molecular weight excluding hydrogens is 1080 g/mol. The van der Waals surface area contributed by atoms with Gasteiger partial charge < -0.3 is 28.8 Å². The maximum atomic E-state index is 12.9. The molecular formula is C48H65AlBNO14S7. The number of thioether (sulfide) groups is 4. The number of carbonyl (C=O) groups is 6. The number of aliphatic carboxylic acids is 1. The van der Waals surface area contributed by atoms with Gasteiger partial charge in [0.05, 0.1) is 37.4 Å². The van der Waals surface area contributed by atoms with Crippen LogP contribution in [0.1, 0.15) is 104 Å². The van der Waals surface area contributed by atoms with Crippen LogP contribution in [0.4, 0.5) is 0 Å². The zero-order chi connectivity index (χ0) is 54.2. The molecule has 0 aliphatic carbocycles. The number of carboxylic acids is 1. The Bertz CT molecular complexity index is 2200. The molecule has 24 heteroatoms. The average Bonchev–Trinajstić information content (AvgIpc) is 3.31. The predicted octanol–water partition coefficient (Wildman–Crippen LogP) is 9.77. The molecule has 4 radical (unpaired) electrons. The van der Waals surface area contributed by atoms with Gasteiger partial charge in [-0.1, -0.05) is 129 Å². The van der Waals surface area contributed by atoms with Gasteiger partial charge in [-0.15, -0.1) is 23.5 Å². The van der Waals surface area contributed by atoms with Crippen molar-refractivity contribution in [2.75, 3.05) is 37.9 Å². The van der Waals surface area contributed by atoms with E-state index in [1.165, 1.54) is 42.2 Å². The zero-order valence-electron chi connectivity index (χ0n) is 41.9. The first-order valence-corrected chi connectivity index (χ1v) is 28.8. The molecule has 0 aromatic heterocycles. The number of thiocarbonyl (C=S) groups is 2. The van der Waals surface area contributed by atoms with Gasteiger partial charge in [-0.25, -0.2) is 18.0 Å². The van der Waals surface area contributed by atoms with Crippen molar-refractivity contribution in [1.29, 1.82) is 4.35 Å². The first-order chi connectivity index (χ1) is 33.4. The number of hydrogen-bond donors (Lipinski definition) is 2. The van der Waals surface area contributed by atoms with Crippen LogP contribution in [0.15, 0.2) is 78.4 Å². The molecule has 2 aromatic carbocycles. The van der Waals surface area contributed by atoms with Gasteiger partial charge in [0.15, 0.2) is 20.0 Å². The monoisotopic (exact) mass is 1140 g/mol. The Morgan fingerprint density at radius 1 is 0.903 bits per heavy atom. The first-order valence-electron chi connectivity index (χ1n) is 22.2. The van der Waals surface area contributed by atoms with Crippen LogP contribution in [0.5, 0.6) is 0 Å². The van der Waals surface area contributed by atoms with Gasteiger partial charge >= 0.3 is 50.3 Å². The van der Waals surface area contributed by atoms with Gasteiger partial charge in [-0.05, 0) is 102 Å². The molecule has 72 heavy (non-hydrogen) atoms. The molecule has 1 aliphatic rings. The third-order valence-corrected chi connectivity index (χ3v) is 16.7. The van der Waals surface area contributed by atoms with E-state index in [4.69, 9.17) is 52.5 Å². The summed E-state index contributed by atoms with van der Waals surface area (Å²) in [7, 11) is -4.09. The molecule has 1 saturated heterocycles. The van der Waals surface area contributed by atoms with Crippen molar-refractivity contribution in [3.8, 4) is 0 Å². The van der Waals surface area contributed by atoms with Gasteiger partial charge in [-0.3, -0.25) is 19.2 Å². The molecule has 1 fully saturated rings. The molecule has 2 N–H and O–H groups in total. The molecule has 2 aromatic rings. The normalized spacial score (nSPS) is 16.3. The van der Waals surface area contributed by atoms with Crippen LogP contribution >= 0.6 is 71.5 Å². The second kappa shape index (κ2) is 38.3. The average molecular weight is 1140 g/mol. The Hall–Kier alpha value is -3.33. The number of rotatable bonds is 18. The number of esters is 4. The van der Waals surface area contributed by atoms with E-state index in [0.29, 0.717) is 43.3 Å². The molecule has 1 aliphatic heterocycles. The van der Waals surface area contributed by atoms with Crippen molar-refractivity contribution in [2.24, 2.45) is 5.41 Å². The molecule has 15 nitrogen and oxygen atoms in total. The van der Waals surface area contributed by atoms with Crippen LogP contribution in [0.25, 0.3) is 6.08 Å². The Kier molecular flexibility index (Phi) is 37.6. The number of carboxylic acid groups (broad SMARTS) is 1. The second-order valence-corrected chi connectivity index (χ2v) is 26.1. The second-order valence-electron chi connectivity index (χ2n) is 15.9. The third kappa shape index (κ3) is 28.4. The summed E-state index contributed by atoms with van der Waals surface area (Å²) < 4.78 is 58.7. The number of unbranched alkanes of at least 4 members (excludes halogenated alkanes) is 1. The van der Waals surface area contributed by atoms with E-state index >= 15 is 0 Å². The van der Waals surface area contributed by atoms with Crippen LogP contribution in [-0.2, 0) is 62.3 Å². The van der Waals surface area contributed by atoms with Crippen LogP contribution in [-0.4, -0.2) is 135 Å². The van der Waals surface area contributed by atoms with E-state index in [1.807, 2.05) is 58.0 Å². The zero-order valence-corrected chi connectivity index (χ0v) is 48.8. The van der Waals surface area contributed by atoms with Crippen molar-refractivity contribution in [1.82, 2.24) is 0 Å². The topological polar surface area (TPSA) is 227 Å². The fourth-order valence-corrected chi connectivity index (χ4v) is 12.7. The van der Waals surface area contributed by atoms with Crippen LogP contribution in [0.2, 0.25) is 0 Å². The van der Waals surface area contributed by atoms with E-state index < -0.39 is 54.6 Å².